The molecular formula is C25H31N7O2. The molecular weight excluding hydrogens is 430 g/mol. The maximum atomic E-state index is 13.6. The number of guanidine groups is 2. The summed E-state index contributed by atoms with van der Waals surface area (Å²) in [5, 5.41) is 3.13. The van der Waals surface area contributed by atoms with E-state index < -0.39 is 5.66 Å². The van der Waals surface area contributed by atoms with Crippen LogP contribution in [0.1, 0.15) is 42.5 Å². The number of carbonyl (C=O) groups excluding carboxylic acids is 1. The number of anilines is 3. The van der Waals surface area contributed by atoms with Gasteiger partial charge in [-0.05, 0) is 49.9 Å². The van der Waals surface area contributed by atoms with Crippen molar-refractivity contribution in [1.29, 1.82) is 0 Å². The van der Waals surface area contributed by atoms with Crippen molar-refractivity contribution in [2.24, 2.45) is 21.5 Å². The molecule has 5 N–H and O–H groups in total. The number of nitrogens with zero attached hydrogens (tertiary/aromatic N) is 4. The zero-order chi connectivity index (χ0) is 23.5. The Hall–Kier alpha value is -3.59. The van der Waals surface area contributed by atoms with Crippen LogP contribution in [0, 0.1) is 0 Å². The van der Waals surface area contributed by atoms with Crippen LogP contribution in [0.15, 0.2) is 58.5 Å². The van der Waals surface area contributed by atoms with Gasteiger partial charge in [0.1, 0.15) is 5.66 Å². The largest absolute Gasteiger partial charge is 0.378 e. The quantitative estimate of drug-likeness (QED) is 0.644. The Morgan fingerprint density at radius 1 is 0.941 bits per heavy atom. The number of aliphatic imine (C=N–C) groups is 2. The van der Waals surface area contributed by atoms with Gasteiger partial charge in [-0.1, -0.05) is 30.7 Å². The third kappa shape index (κ3) is 4.19. The van der Waals surface area contributed by atoms with Crippen LogP contribution >= 0.6 is 0 Å². The zero-order valence-corrected chi connectivity index (χ0v) is 19.2. The van der Waals surface area contributed by atoms with Crippen molar-refractivity contribution in [2.75, 3.05) is 41.4 Å². The summed E-state index contributed by atoms with van der Waals surface area (Å²) in [7, 11) is 0. The van der Waals surface area contributed by atoms with Gasteiger partial charge < -0.3 is 26.4 Å². The Kier molecular flexibility index (Phi) is 6.10. The molecule has 178 valence electrons. The molecule has 0 bridgehead atoms. The number of nitrogens with two attached hydrogens (primary N) is 2. The SMILES string of the molecule is NC1=NC2(CCCCC2)N(c2ccccc2C(=O)Nc2ccccc2N2CCOCC2)C(N)=N1. The lowest BCUT2D eigenvalue weighted by Gasteiger charge is -2.46. The first-order valence-corrected chi connectivity index (χ1v) is 11.9. The molecule has 1 saturated carbocycles. The Balaban J connectivity index is 1.48. The fraction of sp³-hybridized carbons (Fsp3) is 0.400. The van der Waals surface area contributed by atoms with Gasteiger partial charge in [0.2, 0.25) is 11.9 Å². The normalized spacial score (nSPS) is 20.0. The lowest BCUT2D eigenvalue weighted by atomic mass is 9.87. The van der Waals surface area contributed by atoms with E-state index in [0.717, 1.165) is 56.6 Å². The highest BCUT2D eigenvalue weighted by Gasteiger charge is 2.43. The number of hydrogen-bond acceptors (Lipinski definition) is 8. The van der Waals surface area contributed by atoms with Crippen molar-refractivity contribution in [3.8, 4) is 0 Å². The Labute approximate surface area is 199 Å². The number of para-hydroxylation sites is 3. The van der Waals surface area contributed by atoms with E-state index in [1.165, 1.54) is 0 Å². The van der Waals surface area contributed by atoms with Gasteiger partial charge >= 0.3 is 0 Å². The van der Waals surface area contributed by atoms with Crippen molar-refractivity contribution in [1.82, 2.24) is 0 Å². The van der Waals surface area contributed by atoms with E-state index in [4.69, 9.17) is 21.2 Å². The second kappa shape index (κ2) is 9.34. The second-order valence-electron chi connectivity index (χ2n) is 8.91. The van der Waals surface area contributed by atoms with Crippen LogP contribution in [0.4, 0.5) is 17.1 Å². The topological polar surface area (TPSA) is 122 Å². The third-order valence-corrected chi connectivity index (χ3v) is 6.75. The van der Waals surface area contributed by atoms with Gasteiger partial charge in [-0.15, -0.1) is 0 Å². The number of rotatable bonds is 4. The molecule has 0 atom stereocenters. The van der Waals surface area contributed by atoms with Crippen molar-refractivity contribution < 1.29 is 9.53 Å². The molecule has 0 aromatic heterocycles. The molecule has 5 rings (SSSR count). The summed E-state index contributed by atoms with van der Waals surface area (Å²) in [4.78, 5) is 26.8. The minimum absolute atomic E-state index is 0.192. The molecule has 1 spiro atoms. The van der Waals surface area contributed by atoms with Gasteiger partial charge in [-0.3, -0.25) is 9.69 Å². The van der Waals surface area contributed by atoms with E-state index in [1.54, 1.807) is 0 Å². The van der Waals surface area contributed by atoms with Gasteiger partial charge in [-0.25, -0.2) is 4.99 Å². The molecule has 2 aliphatic heterocycles. The van der Waals surface area contributed by atoms with Gasteiger partial charge in [0.25, 0.3) is 5.91 Å². The van der Waals surface area contributed by atoms with E-state index in [-0.39, 0.29) is 17.8 Å². The van der Waals surface area contributed by atoms with Gasteiger partial charge in [0, 0.05) is 13.1 Å². The fourth-order valence-corrected chi connectivity index (χ4v) is 5.18. The average molecular weight is 462 g/mol. The Morgan fingerprint density at radius 2 is 1.62 bits per heavy atom. The Morgan fingerprint density at radius 3 is 2.38 bits per heavy atom. The first-order valence-electron chi connectivity index (χ1n) is 11.9. The summed E-state index contributed by atoms with van der Waals surface area (Å²) in [6.07, 6.45) is 4.78. The van der Waals surface area contributed by atoms with E-state index >= 15 is 0 Å². The molecule has 0 unspecified atom stereocenters. The molecule has 2 aromatic rings. The van der Waals surface area contributed by atoms with Crippen molar-refractivity contribution in [3.63, 3.8) is 0 Å². The molecule has 0 radical (unpaired) electrons. The van der Waals surface area contributed by atoms with Gasteiger partial charge in [0.05, 0.1) is 35.8 Å². The van der Waals surface area contributed by atoms with E-state index in [9.17, 15) is 4.79 Å². The molecule has 9 heteroatoms. The Bertz CT molecular complexity index is 1120. The van der Waals surface area contributed by atoms with Crippen LogP contribution in [0.5, 0.6) is 0 Å². The molecule has 1 saturated heterocycles. The fourth-order valence-electron chi connectivity index (χ4n) is 5.18. The smallest absolute Gasteiger partial charge is 0.257 e. The maximum Gasteiger partial charge on any atom is 0.257 e. The molecule has 3 aliphatic rings. The van der Waals surface area contributed by atoms with Crippen LogP contribution in [0.2, 0.25) is 0 Å². The molecule has 1 amide bonds. The van der Waals surface area contributed by atoms with E-state index in [2.05, 4.69) is 15.2 Å². The second-order valence-corrected chi connectivity index (χ2v) is 8.91. The minimum atomic E-state index is -0.615. The summed E-state index contributed by atoms with van der Waals surface area (Å²) in [5.41, 5.74) is 14.8. The van der Waals surface area contributed by atoms with E-state index in [0.29, 0.717) is 24.5 Å². The monoisotopic (exact) mass is 461 g/mol. The van der Waals surface area contributed by atoms with Crippen LogP contribution in [-0.2, 0) is 4.74 Å². The summed E-state index contributed by atoms with van der Waals surface area (Å²) in [6, 6.07) is 15.3. The van der Waals surface area contributed by atoms with Crippen molar-refractivity contribution in [2.45, 2.75) is 37.8 Å². The highest BCUT2D eigenvalue weighted by Crippen LogP contribution is 2.40. The lowest BCUT2D eigenvalue weighted by Crippen LogP contribution is -2.58. The van der Waals surface area contributed by atoms with Crippen molar-refractivity contribution in [3.05, 3.63) is 54.1 Å². The summed E-state index contributed by atoms with van der Waals surface area (Å²) >= 11 is 0. The number of benzene rings is 2. The number of amides is 1. The molecule has 1 aliphatic carbocycles. The van der Waals surface area contributed by atoms with Crippen LogP contribution in [0.25, 0.3) is 0 Å². The predicted octanol–water partition coefficient (Wildman–Crippen LogP) is 2.89. The first-order chi connectivity index (χ1) is 16.6. The van der Waals surface area contributed by atoms with Gasteiger partial charge in [0.15, 0.2) is 0 Å². The average Bonchev–Trinajstić information content (AvgIpc) is 2.85. The third-order valence-electron chi connectivity index (χ3n) is 6.75. The number of hydrogen-bond donors (Lipinski definition) is 3. The first kappa shape index (κ1) is 22.2. The highest BCUT2D eigenvalue weighted by molar-refractivity contribution is 6.13. The number of nitrogens with one attached hydrogen (secondary N) is 1. The summed E-state index contributed by atoms with van der Waals surface area (Å²) in [5.74, 6) is 0.248. The minimum Gasteiger partial charge on any atom is -0.378 e. The highest BCUT2D eigenvalue weighted by atomic mass is 16.5. The standard InChI is InChI=1S/C25H31N7O2/c26-23-29-24(27)32(25(30-23)12-6-1-7-13-25)20-10-4-2-8-18(20)22(33)28-19-9-3-5-11-21(19)31-14-16-34-17-15-31/h2-5,8-11H,1,6-7,12-17H2,(H,28,33)(H4,26,27,29,30). The van der Waals surface area contributed by atoms with Crippen LogP contribution < -0.4 is 26.6 Å². The van der Waals surface area contributed by atoms with Crippen LogP contribution in [-0.4, -0.2) is 49.8 Å². The molecule has 2 fully saturated rings. The summed E-state index contributed by atoms with van der Waals surface area (Å²) in [6.45, 7) is 2.91. The number of carbonyl (C=O) groups is 1. The van der Waals surface area contributed by atoms with Crippen molar-refractivity contribution >= 4 is 34.9 Å². The molecule has 2 aromatic carbocycles. The van der Waals surface area contributed by atoms with E-state index in [1.807, 2.05) is 53.4 Å². The number of morpholine rings is 1. The van der Waals surface area contributed by atoms with Crippen LogP contribution in [0.3, 0.4) is 0 Å². The van der Waals surface area contributed by atoms with Gasteiger partial charge in [-0.2, -0.15) is 4.99 Å². The predicted molar refractivity (Wildman–Crippen MR) is 135 cm³/mol. The molecule has 34 heavy (non-hydrogen) atoms. The lowest BCUT2D eigenvalue weighted by molar-refractivity contribution is 0.102. The molecule has 9 nitrogen and oxygen atoms in total. The number of ether oxygens (including phenoxy) is 1. The summed E-state index contributed by atoms with van der Waals surface area (Å²) < 4.78 is 5.49. The maximum absolute atomic E-state index is 13.6. The molecule has 2 heterocycles. The zero-order valence-electron chi connectivity index (χ0n) is 19.2.